The van der Waals surface area contributed by atoms with Gasteiger partial charge in [-0.25, -0.2) is 0 Å². The molecule has 0 aromatic carbocycles. The third-order valence-corrected chi connectivity index (χ3v) is 2.06. The topological polar surface area (TPSA) is 9.23 Å². The molecule has 70 valence electrons. The summed E-state index contributed by atoms with van der Waals surface area (Å²) in [4.78, 5) is 0.350. The molecule has 0 aliphatic heterocycles. The molecule has 0 heterocycles. The third kappa shape index (κ3) is 6.47. The van der Waals surface area contributed by atoms with E-state index in [2.05, 4.69) is 28.6 Å². The van der Waals surface area contributed by atoms with Crippen molar-refractivity contribution in [2.45, 2.75) is 38.1 Å². The van der Waals surface area contributed by atoms with Crippen LogP contribution < -0.4 is 0 Å². The van der Waals surface area contributed by atoms with Gasteiger partial charge in [0, 0.05) is 4.83 Å². The first kappa shape index (κ1) is 11.8. The van der Waals surface area contributed by atoms with Gasteiger partial charge in [0.15, 0.2) is 0 Å². The molecule has 0 saturated heterocycles. The van der Waals surface area contributed by atoms with Crippen LogP contribution in [-0.2, 0) is 4.74 Å². The highest BCUT2D eigenvalue weighted by atomic mass is 79.9. The monoisotopic (exact) mass is 232 g/mol. The van der Waals surface area contributed by atoms with E-state index in [9.17, 15) is 0 Å². The molecule has 0 N–H and O–H groups in total. The van der Waals surface area contributed by atoms with Crippen molar-refractivity contribution in [3.05, 3.63) is 24.5 Å². The molecule has 12 heavy (non-hydrogen) atoms. The van der Waals surface area contributed by atoms with Crippen molar-refractivity contribution < 1.29 is 4.74 Å². The van der Waals surface area contributed by atoms with Gasteiger partial charge in [0.1, 0.15) is 0 Å². The van der Waals surface area contributed by atoms with Crippen LogP contribution in [0.15, 0.2) is 24.5 Å². The van der Waals surface area contributed by atoms with Crippen LogP contribution in [-0.4, -0.2) is 10.9 Å². The second-order valence-electron chi connectivity index (χ2n) is 2.97. The molecule has 0 fully saturated rings. The van der Waals surface area contributed by atoms with Crippen LogP contribution in [0.5, 0.6) is 0 Å². The highest BCUT2D eigenvalue weighted by molar-refractivity contribution is 9.09. The van der Waals surface area contributed by atoms with Gasteiger partial charge in [-0.15, -0.1) is 6.58 Å². The van der Waals surface area contributed by atoms with Gasteiger partial charge < -0.3 is 4.74 Å². The fourth-order valence-corrected chi connectivity index (χ4v) is 0.982. The zero-order chi connectivity index (χ0) is 9.56. The Kier molecular flexibility index (Phi) is 6.17. The molecule has 0 aromatic heterocycles. The maximum Gasteiger partial charge on any atom is 0.0926 e. The average molecular weight is 233 g/mol. The van der Waals surface area contributed by atoms with Gasteiger partial charge >= 0.3 is 0 Å². The van der Waals surface area contributed by atoms with E-state index in [-0.39, 0.29) is 6.10 Å². The van der Waals surface area contributed by atoms with E-state index in [1.807, 2.05) is 26.8 Å². The van der Waals surface area contributed by atoms with Gasteiger partial charge in [-0.2, -0.15) is 0 Å². The summed E-state index contributed by atoms with van der Waals surface area (Å²) in [7, 11) is 0. The number of halogens is 1. The molecular formula is C10H17BrO. The van der Waals surface area contributed by atoms with Gasteiger partial charge in [0.2, 0.25) is 0 Å². The minimum absolute atomic E-state index is 0.263. The average Bonchev–Trinajstić information content (AvgIpc) is 1.99. The van der Waals surface area contributed by atoms with Gasteiger partial charge in [-0.05, 0) is 33.3 Å². The summed E-state index contributed by atoms with van der Waals surface area (Å²) >= 11 is 3.45. The Hall–Kier alpha value is -0.240. The summed E-state index contributed by atoms with van der Waals surface area (Å²) < 4.78 is 5.45. The first-order valence-electron chi connectivity index (χ1n) is 4.16. The van der Waals surface area contributed by atoms with Crippen LogP contribution in [0.25, 0.3) is 0 Å². The number of hydrogen-bond donors (Lipinski definition) is 0. The molecule has 2 heteroatoms. The number of allylic oxidation sites excluding steroid dienone is 3. The lowest BCUT2D eigenvalue weighted by Crippen LogP contribution is -2.00. The standard InChI is InChI=1S/C10H17BrO/c1-5-10(11)7-6-9(4)12-8(2)3/h5-6,8,10H,1,7H2,2-4H3/b9-6+. The first-order chi connectivity index (χ1) is 5.56. The summed E-state index contributed by atoms with van der Waals surface area (Å²) in [5.74, 6) is 0.983. The SMILES string of the molecule is C=CC(Br)C/C=C(\C)OC(C)C. The lowest BCUT2D eigenvalue weighted by molar-refractivity contribution is 0.148. The van der Waals surface area contributed by atoms with Crippen molar-refractivity contribution >= 4 is 15.9 Å². The Bertz CT molecular complexity index is 161. The van der Waals surface area contributed by atoms with Gasteiger partial charge in [0.25, 0.3) is 0 Å². The van der Waals surface area contributed by atoms with Gasteiger partial charge in [-0.1, -0.05) is 22.0 Å². The molecule has 0 bridgehead atoms. The van der Waals surface area contributed by atoms with Crippen molar-refractivity contribution in [2.24, 2.45) is 0 Å². The summed E-state index contributed by atoms with van der Waals surface area (Å²) in [6.07, 6.45) is 5.14. The fourth-order valence-electron chi connectivity index (χ4n) is 0.795. The van der Waals surface area contributed by atoms with Crippen molar-refractivity contribution in [1.29, 1.82) is 0 Å². The van der Waals surface area contributed by atoms with Crippen LogP contribution in [0.4, 0.5) is 0 Å². The molecule has 0 rings (SSSR count). The largest absolute Gasteiger partial charge is 0.496 e. The van der Waals surface area contributed by atoms with Gasteiger partial charge in [-0.3, -0.25) is 0 Å². The van der Waals surface area contributed by atoms with Crippen molar-refractivity contribution in [1.82, 2.24) is 0 Å². The van der Waals surface area contributed by atoms with Crippen molar-refractivity contribution in [2.75, 3.05) is 0 Å². The van der Waals surface area contributed by atoms with E-state index in [0.29, 0.717) is 4.83 Å². The van der Waals surface area contributed by atoms with E-state index < -0.39 is 0 Å². The zero-order valence-electron chi connectivity index (χ0n) is 8.01. The summed E-state index contributed by atoms with van der Waals surface area (Å²) in [6.45, 7) is 9.71. The number of ether oxygens (including phenoxy) is 1. The Morgan fingerprint density at radius 1 is 1.58 bits per heavy atom. The maximum atomic E-state index is 5.45. The quantitative estimate of drug-likeness (QED) is 0.400. The summed E-state index contributed by atoms with van der Waals surface area (Å²) in [5, 5.41) is 0. The van der Waals surface area contributed by atoms with Crippen molar-refractivity contribution in [3.63, 3.8) is 0 Å². The van der Waals surface area contributed by atoms with Crippen LogP contribution >= 0.6 is 15.9 Å². The Morgan fingerprint density at radius 2 is 2.17 bits per heavy atom. The number of rotatable bonds is 5. The molecule has 0 aromatic rings. The first-order valence-corrected chi connectivity index (χ1v) is 5.08. The number of hydrogen-bond acceptors (Lipinski definition) is 1. The molecule has 0 spiro atoms. The second-order valence-corrected chi connectivity index (χ2v) is 4.14. The molecule has 1 nitrogen and oxygen atoms in total. The highest BCUT2D eigenvalue weighted by Crippen LogP contribution is 2.10. The minimum atomic E-state index is 0.263. The molecule has 0 aliphatic rings. The van der Waals surface area contributed by atoms with Crippen LogP contribution in [0.3, 0.4) is 0 Å². The van der Waals surface area contributed by atoms with Crippen LogP contribution in [0.1, 0.15) is 27.2 Å². The highest BCUT2D eigenvalue weighted by Gasteiger charge is 1.97. The molecule has 0 aliphatic carbocycles. The van der Waals surface area contributed by atoms with E-state index >= 15 is 0 Å². The van der Waals surface area contributed by atoms with Crippen LogP contribution in [0, 0.1) is 0 Å². The Labute approximate surface area is 83.6 Å². The van der Waals surface area contributed by atoms with Crippen molar-refractivity contribution in [3.8, 4) is 0 Å². The maximum absolute atomic E-state index is 5.45. The lowest BCUT2D eigenvalue weighted by Gasteiger charge is -2.09. The number of alkyl halides is 1. The Morgan fingerprint density at radius 3 is 2.58 bits per heavy atom. The van der Waals surface area contributed by atoms with E-state index in [1.165, 1.54) is 0 Å². The van der Waals surface area contributed by atoms with Crippen LogP contribution in [0.2, 0.25) is 0 Å². The van der Waals surface area contributed by atoms with E-state index in [1.54, 1.807) is 0 Å². The normalized spacial score (nSPS) is 14.6. The smallest absolute Gasteiger partial charge is 0.0926 e. The molecule has 1 unspecified atom stereocenters. The second kappa shape index (κ2) is 6.30. The predicted molar refractivity (Wildman–Crippen MR) is 57.5 cm³/mol. The predicted octanol–water partition coefficient (Wildman–Crippen LogP) is 3.65. The Balaban J connectivity index is 3.75. The molecular weight excluding hydrogens is 216 g/mol. The summed E-state index contributed by atoms with van der Waals surface area (Å²) in [6, 6.07) is 0. The summed E-state index contributed by atoms with van der Waals surface area (Å²) in [5.41, 5.74) is 0. The minimum Gasteiger partial charge on any atom is -0.496 e. The molecule has 0 saturated carbocycles. The molecule has 1 atom stereocenters. The van der Waals surface area contributed by atoms with E-state index in [0.717, 1.165) is 12.2 Å². The lowest BCUT2D eigenvalue weighted by atomic mass is 10.3. The van der Waals surface area contributed by atoms with Gasteiger partial charge in [0.05, 0.1) is 11.9 Å². The van der Waals surface area contributed by atoms with E-state index in [4.69, 9.17) is 4.74 Å². The fraction of sp³-hybridized carbons (Fsp3) is 0.600. The zero-order valence-corrected chi connectivity index (χ0v) is 9.60. The molecule has 0 amide bonds. The molecule has 0 radical (unpaired) electrons. The third-order valence-electron chi connectivity index (χ3n) is 1.31.